The Morgan fingerprint density at radius 1 is 1.26 bits per heavy atom. The van der Waals surface area contributed by atoms with Gasteiger partial charge in [-0.1, -0.05) is 26.0 Å². The number of hydrogen-bond acceptors (Lipinski definition) is 4. The monoisotopic (exact) mass is 426 g/mol. The number of aromatic amines is 1. The lowest BCUT2D eigenvalue weighted by atomic mass is 9.98. The Kier molecular flexibility index (Phi) is 7.09. The van der Waals surface area contributed by atoms with Crippen molar-refractivity contribution in [2.24, 2.45) is 11.8 Å². The summed E-state index contributed by atoms with van der Waals surface area (Å²) in [5, 5.41) is 9.18. The van der Waals surface area contributed by atoms with Gasteiger partial charge < -0.3 is 25.7 Å². The van der Waals surface area contributed by atoms with Crippen LogP contribution >= 0.6 is 0 Å². The molecule has 2 heterocycles. The summed E-state index contributed by atoms with van der Waals surface area (Å²) in [7, 11) is 0. The molecule has 3 rings (SSSR count). The third-order valence-electron chi connectivity index (χ3n) is 5.65. The largest absolute Gasteiger partial charge is 0.356 e. The van der Waals surface area contributed by atoms with Crippen LogP contribution < -0.4 is 16.0 Å². The number of hydrogen-bond donors (Lipinski definition) is 4. The molecule has 0 radical (unpaired) electrons. The summed E-state index contributed by atoms with van der Waals surface area (Å²) in [6.07, 6.45) is 1.97. The number of fused-ring (bicyclic) bond motifs is 1. The fraction of sp³-hybridized carbons (Fsp3) is 0.478. The molecule has 1 aromatic heterocycles. The lowest BCUT2D eigenvalue weighted by molar-refractivity contribution is -0.127. The van der Waals surface area contributed by atoms with Gasteiger partial charge in [0.1, 0.15) is 18.0 Å². The van der Waals surface area contributed by atoms with Crippen LogP contribution in [-0.2, 0) is 14.4 Å². The van der Waals surface area contributed by atoms with Crippen molar-refractivity contribution >= 4 is 34.9 Å². The number of nitrogens with one attached hydrogen (secondary N) is 4. The molecule has 166 valence electrons. The molecule has 8 nitrogen and oxygen atoms in total. The van der Waals surface area contributed by atoms with Crippen LogP contribution in [0.5, 0.6) is 0 Å². The van der Waals surface area contributed by atoms with Gasteiger partial charge >= 0.3 is 0 Å². The van der Waals surface area contributed by atoms with Crippen molar-refractivity contribution in [2.75, 3.05) is 6.54 Å². The molecule has 8 heteroatoms. The van der Waals surface area contributed by atoms with Crippen LogP contribution in [0.25, 0.3) is 10.9 Å². The van der Waals surface area contributed by atoms with E-state index in [9.17, 15) is 19.2 Å². The molecule has 3 amide bonds. The van der Waals surface area contributed by atoms with E-state index < -0.39 is 18.0 Å². The van der Waals surface area contributed by atoms with E-state index in [2.05, 4.69) is 20.9 Å². The third-order valence-corrected chi connectivity index (χ3v) is 5.65. The summed E-state index contributed by atoms with van der Waals surface area (Å²) in [6.45, 7) is 6.47. The first-order chi connectivity index (χ1) is 14.8. The molecule has 31 heavy (non-hydrogen) atoms. The van der Waals surface area contributed by atoms with Gasteiger partial charge in [-0.15, -0.1) is 0 Å². The number of carbonyl (C=O) groups is 4. The fourth-order valence-corrected chi connectivity index (χ4v) is 3.98. The maximum atomic E-state index is 12.9. The predicted molar refractivity (Wildman–Crippen MR) is 117 cm³/mol. The summed E-state index contributed by atoms with van der Waals surface area (Å²) in [6, 6.07) is 5.98. The van der Waals surface area contributed by atoms with Crippen LogP contribution in [0.15, 0.2) is 24.3 Å². The second-order valence-electron chi connectivity index (χ2n) is 8.64. The van der Waals surface area contributed by atoms with Crippen LogP contribution in [0.3, 0.4) is 0 Å². The second kappa shape index (κ2) is 9.76. The van der Waals surface area contributed by atoms with Crippen molar-refractivity contribution in [1.29, 1.82) is 0 Å². The number of aldehydes is 1. The highest BCUT2D eigenvalue weighted by Crippen LogP contribution is 2.20. The Morgan fingerprint density at radius 2 is 2.03 bits per heavy atom. The number of aryl methyl sites for hydroxylation is 1. The normalized spacial score (nSPS) is 17.9. The average Bonchev–Trinajstić information content (AvgIpc) is 3.33. The summed E-state index contributed by atoms with van der Waals surface area (Å²) in [4.78, 5) is 52.2. The van der Waals surface area contributed by atoms with Gasteiger partial charge in [0.2, 0.25) is 11.8 Å². The minimum atomic E-state index is -0.792. The van der Waals surface area contributed by atoms with Crippen molar-refractivity contribution in [3.63, 3.8) is 0 Å². The van der Waals surface area contributed by atoms with Crippen LogP contribution in [0.4, 0.5) is 0 Å². The molecule has 0 unspecified atom stereocenters. The maximum absolute atomic E-state index is 12.9. The molecule has 4 N–H and O–H groups in total. The van der Waals surface area contributed by atoms with Gasteiger partial charge in [0.05, 0.1) is 6.04 Å². The van der Waals surface area contributed by atoms with E-state index in [0.29, 0.717) is 31.4 Å². The van der Waals surface area contributed by atoms with Gasteiger partial charge in [-0.2, -0.15) is 0 Å². The van der Waals surface area contributed by atoms with Crippen molar-refractivity contribution < 1.29 is 19.2 Å². The lowest BCUT2D eigenvalue weighted by Gasteiger charge is -2.23. The molecular weight excluding hydrogens is 396 g/mol. The van der Waals surface area contributed by atoms with Gasteiger partial charge in [-0.05, 0) is 49.8 Å². The number of benzene rings is 1. The van der Waals surface area contributed by atoms with E-state index in [4.69, 9.17) is 0 Å². The molecule has 0 saturated carbocycles. The van der Waals surface area contributed by atoms with Gasteiger partial charge in [0.15, 0.2) is 0 Å². The molecule has 1 aliphatic rings. The summed E-state index contributed by atoms with van der Waals surface area (Å²) in [5.74, 6) is -1.04. The first-order valence-corrected chi connectivity index (χ1v) is 10.7. The van der Waals surface area contributed by atoms with Gasteiger partial charge in [-0.3, -0.25) is 14.4 Å². The van der Waals surface area contributed by atoms with Gasteiger partial charge in [0.25, 0.3) is 5.91 Å². The van der Waals surface area contributed by atoms with E-state index >= 15 is 0 Å². The van der Waals surface area contributed by atoms with Gasteiger partial charge in [-0.25, -0.2) is 0 Å². The number of H-pyrrole nitrogens is 1. The van der Waals surface area contributed by atoms with E-state index in [1.165, 1.54) is 0 Å². The predicted octanol–water partition coefficient (Wildman–Crippen LogP) is 1.83. The third kappa shape index (κ3) is 5.51. The quantitative estimate of drug-likeness (QED) is 0.457. The van der Waals surface area contributed by atoms with E-state index in [0.717, 1.165) is 16.5 Å². The molecule has 1 aromatic carbocycles. The van der Waals surface area contributed by atoms with Crippen molar-refractivity contribution in [3.05, 3.63) is 35.5 Å². The fourth-order valence-electron chi connectivity index (χ4n) is 3.98. The van der Waals surface area contributed by atoms with E-state index in [1.54, 1.807) is 6.07 Å². The summed E-state index contributed by atoms with van der Waals surface area (Å²) in [5.41, 5.74) is 2.28. The molecule has 3 atom stereocenters. The summed E-state index contributed by atoms with van der Waals surface area (Å²) >= 11 is 0. The minimum Gasteiger partial charge on any atom is -0.356 e. The Hall–Kier alpha value is -3.16. The molecular formula is C23H30N4O4. The van der Waals surface area contributed by atoms with Crippen molar-refractivity contribution in [1.82, 2.24) is 20.9 Å². The molecule has 1 saturated heterocycles. The zero-order valence-electron chi connectivity index (χ0n) is 18.2. The zero-order chi connectivity index (χ0) is 22.5. The Balaban J connectivity index is 1.69. The number of carbonyl (C=O) groups excluding carboxylic acids is 4. The Morgan fingerprint density at radius 3 is 2.65 bits per heavy atom. The minimum absolute atomic E-state index is 0.0952. The highest BCUT2D eigenvalue weighted by molar-refractivity contribution is 6.01. The number of rotatable bonds is 9. The van der Waals surface area contributed by atoms with E-state index in [1.807, 2.05) is 39.0 Å². The highest BCUT2D eigenvalue weighted by Gasteiger charge is 2.30. The Labute approximate surface area is 181 Å². The zero-order valence-corrected chi connectivity index (χ0v) is 18.2. The van der Waals surface area contributed by atoms with Crippen LogP contribution in [0.1, 0.15) is 49.2 Å². The first-order valence-electron chi connectivity index (χ1n) is 10.7. The van der Waals surface area contributed by atoms with Crippen LogP contribution in [0, 0.1) is 18.8 Å². The second-order valence-corrected chi connectivity index (χ2v) is 8.64. The first kappa shape index (κ1) is 22.5. The lowest BCUT2D eigenvalue weighted by Crippen LogP contribution is -2.51. The highest BCUT2D eigenvalue weighted by atomic mass is 16.2. The average molecular weight is 427 g/mol. The number of aromatic nitrogens is 1. The Bertz CT molecular complexity index is 981. The summed E-state index contributed by atoms with van der Waals surface area (Å²) < 4.78 is 0. The van der Waals surface area contributed by atoms with Gasteiger partial charge in [0, 0.05) is 23.4 Å². The standard InChI is InChI=1S/C23H30N4O4/c1-13(2)9-19(22(30)25-16(12-28)10-15-7-8-24-21(15)29)27-23(31)20-11-17-14(3)5-4-6-18(17)26-20/h4-6,11-13,15-16,19,26H,7-10H2,1-3H3,(H,24,29)(H,25,30)(H,27,31)/t15-,16-,19-/m0/s1. The number of amides is 3. The van der Waals surface area contributed by atoms with Crippen molar-refractivity contribution in [2.45, 2.75) is 52.1 Å². The topological polar surface area (TPSA) is 120 Å². The molecule has 0 aliphatic carbocycles. The smallest absolute Gasteiger partial charge is 0.268 e. The van der Waals surface area contributed by atoms with Crippen LogP contribution in [0.2, 0.25) is 0 Å². The SMILES string of the molecule is Cc1cccc2[nH]c(C(=O)N[C@@H](CC(C)C)C(=O)N[C@H](C=O)C[C@@H]3CCNC3=O)cc12. The van der Waals surface area contributed by atoms with Crippen LogP contribution in [-0.4, -0.2) is 47.6 Å². The molecule has 0 spiro atoms. The van der Waals surface area contributed by atoms with Crippen molar-refractivity contribution in [3.8, 4) is 0 Å². The maximum Gasteiger partial charge on any atom is 0.268 e. The molecule has 0 bridgehead atoms. The van der Waals surface area contributed by atoms with E-state index in [-0.39, 0.29) is 30.1 Å². The molecule has 2 aromatic rings. The molecule has 1 aliphatic heterocycles. The molecule has 1 fully saturated rings.